The van der Waals surface area contributed by atoms with Crippen molar-refractivity contribution in [1.82, 2.24) is 5.16 Å². The van der Waals surface area contributed by atoms with Crippen molar-refractivity contribution in [3.05, 3.63) is 87.8 Å². The van der Waals surface area contributed by atoms with Crippen molar-refractivity contribution in [3.8, 4) is 11.8 Å². The molecule has 1 N–H and O–H groups in total. The number of nitrogens with one attached hydrogen (secondary N) is 1. The molecular weight excluding hydrogens is 376 g/mol. The Balaban J connectivity index is 1.48. The second kappa shape index (κ2) is 8.30. The molecule has 150 valence electrons. The van der Waals surface area contributed by atoms with E-state index in [0.29, 0.717) is 17.1 Å². The molecule has 0 radical (unpaired) electrons. The SMILES string of the molecule is Cc1ccccc1C(C)OC(=O)Nc1c(C)noc1C#Cc1ccc2c(c1)CC=C2. The standard InChI is InChI=1S/C25H22N2O3/c1-16-7-4-5-10-22(16)18(3)29-25(28)26-24-17(2)27-30-23(24)14-12-19-11-13-20-8-6-9-21(20)15-19/h4-8,10-11,13,15,18H,9H2,1-3H3,(H,26,28). The van der Waals surface area contributed by atoms with E-state index in [1.807, 2.05) is 44.2 Å². The van der Waals surface area contributed by atoms with E-state index in [9.17, 15) is 4.79 Å². The monoisotopic (exact) mass is 398 g/mol. The lowest BCUT2D eigenvalue weighted by atomic mass is 10.1. The first-order chi connectivity index (χ1) is 14.5. The van der Waals surface area contributed by atoms with Crippen molar-refractivity contribution in [2.75, 3.05) is 5.32 Å². The summed E-state index contributed by atoms with van der Waals surface area (Å²) in [5.41, 5.74) is 6.35. The van der Waals surface area contributed by atoms with E-state index in [2.05, 4.69) is 46.6 Å². The third kappa shape index (κ3) is 4.13. The minimum absolute atomic E-state index is 0.298. The van der Waals surface area contributed by atoms with Crippen molar-refractivity contribution in [2.24, 2.45) is 0 Å². The fourth-order valence-corrected chi connectivity index (χ4v) is 3.47. The van der Waals surface area contributed by atoms with Crippen LogP contribution in [0.5, 0.6) is 0 Å². The maximum Gasteiger partial charge on any atom is 0.412 e. The summed E-state index contributed by atoms with van der Waals surface area (Å²) in [5, 5.41) is 6.66. The molecule has 0 saturated carbocycles. The molecule has 4 rings (SSSR count). The zero-order chi connectivity index (χ0) is 21.1. The fourth-order valence-electron chi connectivity index (χ4n) is 3.47. The molecule has 3 aromatic rings. The van der Waals surface area contributed by atoms with Crippen LogP contribution in [0.25, 0.3) is 6.08 Å². The van der Waals surface area contributed by atoms with Gasteiger partial charge in [-0.2, -0.15) is 0 Å². The van der Waals surface area contributed by atoms with Crippen LogP contribution in [0.3, 0.4) is 0 Å². The van der Waals surface area contributed by atoms with Gasteiger partial charge in [-0.1, -0.05) is 53.6 Å². The number of hydrogen-bond donors (Lipinski definition) is 1. The van der Waals surface area contributed by atoms with Gasteiger partial charge in [0.05, 0.1) is 0 Å². The minimum atomic E-state index is -0.580. The number of amides is 1. The van der Waals surface area contributed by atoms with Crippen molar-refractivity contribution in [1.29, 1.82) is 0 Å². The van der Waals surface area contributed by atoms with Gasteiger partial charge in [-0.25, -0.2) is 4.79 Å². The van der Waals surface area contributed by atoms with E-state index in [1.54, 1.807) is 6.92 Å². The zero-order valence-corrected chi connectivity index (χ0v) is 17.2. The average molecular weight is 398 g/mol. The number of carbonyl (C=O) groups is 1. The number of ether oxygens (including phenoxy) is 1. The molecule has 0 saturated heterocycles. The number of aromatic nitrogens is 1. The first-order valence-electron chi connectivity index (χ1n) is 9.82. The van der Waals surface area contributed by atoms with Gasteiger partial charge in [-0.05, 0) is 67.5 Å². The summed E-state index contributed by atoms with van der Waals surface area (Å²) in [6, 6.07) is 13.9. The van der Waals surface area contributed by atoms with Gasteiger partial charge >= 0.3 is 6.09 Å². The molecule has 1 atom stereocenters. The molecule has 5 nitrogen and oxygen atoms in total. The van der Waals surface area contributed by atoms with E-state index in [4.69, 9.17) is 9.26 Å². The van der Waals surface area contributed by atoms with E-state index in [-0.39, 0.29) is 6.10 Å². The number of carbonyl (C=O) groups excluding carboxylic acids is 1. The molecule has 5 heteroatoms. The number of nitrogens with zero attached hydrogens (tertiary/aromatic N) is 1. The molecule has 1 unspecified atom stereocenters. The maximum atomic E-state index is 12.5. The van der Waals surface area contributed by atoms with Crippen LogP contribution in [0.1, 0.15) is 52.3 Å². The highest BCUT2D eigenvalue weighted by Gasteiger charge is 2.18. The second-order valence-electron chi connectivity index (χ2n) is 7.27. The van der Waals surface area contributed by atoms with E-state index >= 15 is 0 Å². The second-order valence-corrected chi connectivity index (χ2v) is 7.27. The molecule has 1 aliphatic rings. The average Bonchev–Trinajstić information content (AvgIpc) is 3.33. The first-order valence-corrected chi connectivity index (χ1v) is 9.82. The number of anilines is 1. The van der Waals surface area contributed by atoms with Crippen LogP contribution in [0.2, 0.25) is 0 Å². The number of benzene rings is 2. The Bertz CT molecular complexity index is 1190. The van der Waals surface area contributed by atoms with E-state index in [0.717, 1.165) is 23.1 Å². The van der Waals surface area contributed by atoms with Crippen molar-refractivity contribution >= 4 is 17.9 Å². The molecule has 0 bridgehead atoms. The van der Waals surface area contributed by atoms with Crippen LogP contribution < -0.4 is 5.32 Å². The molecule has 1 aromatic heterocycles. The Morgan fingerprint density at radius 2 is 2.03 bits per heavy atom. The first kappa shape index (κ1) is 19.5. The number of allylic oxidation sites excluding steroid dienone is 1. The minimum Gasteiger partial charge on any atom is -0.441 e. The predicted octanol–water partition coefficient (Wildman–Crippen LogP) is 5.57. The number of hydrogen-bond acceptors (Lipinski definition) is 4. The molecule has 0 fully saturated rings. The lowest BCUT2D eigenvalue weighted by Gasteiger charge is -2.16. The summed E-state index contributed by atoms with van der Waals surface area (Å²) < 4.78 is 10.9. The van der Waals surface area contributed by atoms with Crippen molar-refractivity contribution < 1.29 is 14.1 Å². The van der Waals surface area contributed by atoms with Crippen LogP contribution in [0.15, 0.2) is 53.1 Å². The Labute approximate surface area is 175 Å². The predicted molar refractivity (Wildman–Crippen MR) is 116 cm³/mol. The van der Waals surface area contributed by atoms with Gasteiger partial charge in [-0.15, -0.1) is 0 Å². The van der Waals surface area contributed by atoms with E-state index in [1.165, 1.54) is 11.1 Å². The van der Waals surface area contributed by atoms with Crippen LogP contribution in [0.4, 0.5) is 10.5 Å². The summed E-state index contributed by atoms with van der Waals surface area (Å²) >= 11 is 0. The highest BCUT2D eigenvalue weighted by atomic mass is 16.6. The molecule has 2 aromatic carbocycles. The normalized spacial score (nSPS) is 12.6. The van der Waals surface area contributed by atoms with Crippen molar-refractivity contribution in [3.63, 3.8) is 0 Å². The summed E-state index contributed by atoms with van der Waals surface area (Å²) in [6.45, 7) is 5.57. The quantitative estimate of drug-likeness (QED) is 0.586. The summed E-state index contributed by atoms with van der Waals surface area (Å²) in [5.74, 6) is 6.36. The molecule has 0 spiro atoms. The lowest BCUT2D eigenvalue weighted by molar-refractivity contribution is 0.121. The molecule has 1 aliphatic carbocycles. The Kier molecular flexibility index (Phi) is 5.40. The van der Waals surface area contributed by atoms with Gasteiger partial charge in [0.2, 0.25) is 5.76 Å². The third-order valence-electron chi connectivity index (χ3n) is 5.10. The van der Waals surface area contributed by atoms with Gasteiger partial charge in [0.1, 0.15) is 17.5 Å². The van der Waals surface area contributed by atoms with E-state index < -0.39 is 6.09 Å². The van der Waals surface area contributed by atoms with Crippen LogP contribution in [-0.4, -0.2) is 11.2 Å². The van der Waals surface area contributed by atoms with Gasteiger partial charge < -0.3 is 9.26 Å². The largest absolute Gasteiger partial charge is 0.441 e. The highest BCUT2D eigenvalue weighted by Crippen LogP contribution is 2.24. The Morgan fingerprint density at radius 3 is 2.87 bits per heavy atom. The Morgan fingerprint density at radius 1 is 1.20 bits per heavy atom. The molecule has 30 heavy (non-hydrogen) atoms. The Hall–Kier alpha value is -3.78. The smallest absolute Gasteiger partial charge is 0.412 e. The molecule has 0 aliphatic heterocycles. The van der Waals surface area contributed by atoms with Gasteiger partial charge in [0.25, 0.3) is 0 Å². The maximum absolute atomic E-state index is 12.5. The van der Waals surface area contributed by atoms with Gasteiger partial charge in [-0.3, -0.25) is 5.32 Å². The summed E-state index contributed by atoms with van der Waals surface area (Å²) in [6.07, 6.45) is 4.19. The fraction of sp³-hybridized carbons (Fsp3) is 0.200. The van der Waals surface area contributed by atoms with Crippen LogP contribution in [0, 0.1) is 25.7 Å². The third-order valence-corrected chi connectivity index (χ3v) is 5.10. The molecular formula is C25H22N2O3. The number of fused-ring (bicyclic) bond motifs is 1. The van der Waals surface area contributed by atoms with Gasteiger partial charge in [0.15, 0.2) is 0 Å². The number of rotatable bonds is 3. The van der Waals surface area contributed by atoms with Crippen molar-refractivity contribution in [2.45, 2.75) is 33.3 Å². The molecule has 1 heterocycles. The number of aryl methyl sites for hydroxylation is 2. The summed E-state index contributed by atoms with van der Waals surface area (Å²) in [4.78, 5) is 12.5. The van der Waals surface area contributed by atoms with Gasteiger partial charge in [0, 0.05) is 5.56 Å². The summed E-state index contributed by atoms with van der Waals surface area (Å²) in [7, 11) is 0. The topological polar surface area (TPSA) is 64.4 Å². The lowest BCUT2D eigenvalue weighted by Crippen LogP contribution is -2.17. The molecule has 1 amide bonds. The van der Waals surface area contributed by atoms with Crippen LogP contribution in [-0.2, 0) is 11.2 Å². The van der Waals surface area contributed by atoms with Crippen LogP contribution >= 0.6 is 0 Å². The zero-order valence-electron chi connectivity index (χ0n) is 17.2. The highest BCUT2D eigenvalue weighted by molar-refractivity contribution is 5.87.